The van der Waals surface area contributed by atoms with Crippen LogP contribution in [-0.2, 0) is 4.74 Å². The van der Waals surface area contributed by atoms with Crippen LogP contribution in [0, 0.1) is 0 Å². The van der Waals surface area contributed by atoms with Crippen molar-refractivity contribution in [3.05, 3.63) is 36.0 Å². The van der Waals surface area contributed by atoms with Crippen LogP contribution in [-0.4, -0.2) is 34.4 Å². The fourth-order valence-corrected chi connectivity index (χ4v) is 2.04. The number of nitrogens with zero attached hydrogens (tertiary/aromatic N) is 1. The summed E-state index contributed by atoms with van der Waals surface area (Å²) < 4.78 is 5.73. The molecule has 1 aromatic carbocycles. The first-order chi connectivity index (χ1) is 7.72. The van der Waals surface area contributed by atoms with Gasteiger partial charge >= 0.3 is 102 Å². The Morgan fingerprint density at radius 2 is 2.19 bits per heavy atom. The van der Waals surface area contributed by atoms with Crippen molar-refractivity contribution in [3.63, 3.8) is 0 Å². The molecule has 0 saturated carbocycles. The third kappa shape index (κ3) is 2.09. The summed E-state index contributed by atoms with van der Waals surface area (Å²) in [7, 11) is 0. The van der Waals surface area contributed by atoms with Gasteiger partial charge in [0.2, 0.25) is 0 Å². The first kappa shape index (κ1) is 11.2. The predicted molar refractivity (Wildman–Crippen MR) is 63.1 cm³/mol. The van der Waals surface area contributed by atoms with E-state index in [4.69, 9.17) is 4.74 Å². The van der Waals surface area contributed by atoms with Crippen molar-refractivity contribution in [1.29, 1.82) is 0 Å². The Balaban J connectivity index is 2.54. The zero-order chi connectivity index (χ0) is 11.5. The summed E-state index contributed by atoms with van der Waals surface area (Å²) in [4.78, 5) is 15.9. The van der Waals surface area contributed by atoms with Gasteiger partial charge in [-0.2, -0.15) is 0 Å². The van der Waals surface area contributed by atoms with Gasteiger partial charge in [0.25, 0.3) is 0 Å². The Hall–Kier alpha value is -1.34. The molecule has 0 saturated heterocycles. The zero-order valence-corrected chi connectivity index (χ0v) is 10.7. The molecule has 1 heterocycles. The molecule has 16 heavy (non-hydrogen) atoms. The Kier molecular flexibility index (Phi) is 3.25. The predicted octanol–water partition coefficient (Wildman–Crippen LogP) is 1.21. The van der Waals surface area contributed by atoms with Gasteiger partial charge in [-0.05, 0) is 0 Å². The van der Waals surface area contributed by atoms with Gasteiger partial charge in [-0.15, -0.1) is 0 Å². The summed E-state index contributed by atoms with van der Waals surface area (Å²) in [6.45, 7) is 2.14. The average Bonchev–Trinajstić information content (AvgIpc) is 2.28. The van der Waals surface area contributed by atoms with Crippen molar-refractivity contribution in [2.24, 2.45) is 0 Å². The van der Waals surface area contributed by atoms with Crippen LogP contribution < -0.4 is 4.35 Å². The van der Waals surface area contributed by atoms with Crippen molar-refractivity contribution in [2.45, 2.75) is 6.92 Å². The summed E-state index contributed by atoms with van der Waals surface area (Å²) in [6, 6.07) is 9.61. The zero-order valence-electron chi connectivity index (χ0n) is 8.80. The summed E-state index contributed by atoms with van der Waals surface area (Å²) in [5.41, 5.74) is 1.18. The van der Waals surface area contributed by atoms with Gasteiger partial charge in [-0.1, -0.05) is 0 Å². The number of fused-ring (bicyclic) bond motifs is 1. The Labute approximate surface area is 102 Å². The van der Waals surface area contributed by atoms with Crippen LogP contribution in [0.15, 0.2) is 30.3 Å². The number of hydrogen-bond acceptors (Lipinski definition) is 3. The molecule has 0 amide bonds. The van der Waals surface area contributed by atoms with Gasteiger partial charge in [-0.3, -0.25) is 0 Å². The van der Waals surface area contributed by atoms with E-state index in [2.05, 4.69) is 21.8 Å². The minimum atomic E-state index is -0.371. The van der Waals surface area contributed by atoms with Crippen molar-refractivity contribution in [2.75, 3.05) is 6.61 Å². The van der Waals surface area contributed by atoms with Crippen molar-refractivity contribution >= 4 is 38.1 Å². The molecule has 80 valence electrons. The molecule has 0 aliphatic heterocycles. The van der Waals surface area contributed by atoms with E-state index in [0.29, 0.717) is 12.3 Å². The number of rotatable bonds is 2. The molecule has 0 aliphatic rings. The number of esters is 1. The maximum atomic E-state index is 11.6. The molecule has 2 aromatic rings. The molecule has 0 spiro atoms. The third-order valence-corrected chi connectivity index (χ3v) is 2.89. The standard InChI is InChI=1S/C12H10AsNO2/c1-2-16-12(15)11-9(13)7-8-5-3-4-6-10(8)14-11/h3-7H,2H2,1H3. The Morgan fingerprint density at radius 1 is 1.44 bits per heavy atom. The molecule has 1 aromatic heterocycles. The van der Waals surface area contributed by atoms with Crippen LogP contribution in [0.4, 0.5) is 0 Å². The van der Waals surface area contributed by atoms with Crippen molar-refractivity contribution in [1.82, 2.24) is 4.98 Å². The van der Waals surface area contributed by atoms with Crippen molar-refractivity contribution in [3.8, 4) is 0 Å². The van der Waals surface area contributed by atoms with E-state index in [0.717, 1.165) is 15.3 Å². The monoisotopic (exact) mass is 275 g/mol. The summed E-state index contributed by atoms with van der Waals surface area (Å²) in [5, 5.41) is 1.02. The summed E-state index contributed by atoms with van der Waals surface area (Å²) >= 11 is 2.35. The minimum absolute atomic E-state index is 0.361. The van der Waals surface area contributed by atoms with Crippen LogP contribution in [0.2, 0.25) is 0 Å². The van der Waals surface area contributed by atoms with Crippen LogP contribution >= 0.6 is 0 Å². The normalized spacial score (nSPS) is 10.4. The molecule has 0 unspecified atom stereocenters. The van der Waals surface area contributed by atoms with E-state index >= 15 is 0 Å². The number of hydrogen-bond donors (Lipinski definition) is 0. The second-order valence-corrected chi connectivity index (χ2v) is 4.28. The van der Waals surface area contributed by atoms with Gasteiger partial charge in [0, 0.05) is 0 Å². The number of ether oxygens (including phenoxy) is 1. The average molecular weight is 275 g/mol. The number of pyridine rings is 1. The van der Waals surface area contributed by atoms with Crippen molar-refractivity contribution < 1.29 is 9.53 Å². The molecule has 4 heteroatoms. The first-order valence-corrected chi connectivity index (χ1v) is 5.92. The third-order valence-electron chi connectivity index (χ3n) is 2.17. The van der Waals surface area contributed by atoms with Gasteiger partial charge in [0.15, 0.2) is 0 Å². The molecule has 0 bridgehead atoms. The number of para-hydroxylation sites is 1. The van der Waals surface area contributed by atoms with E-state index in [1.54, 1.807) is 6.92 Å². The molecule has 0 fully saturated rings. The quantitative estimate of drug-likeness (QED) is 0.611. The second kappa shape index (κ2) is 4.67. The van der Waals surface area contributed by atoms with E-state index < -0.39 is 0 Å². The molecule has 3 nitrogen and oxygen atoms in total. The number of benzene rings is 1. The van der Waals surface area contributed by atoms with Gasteiger partial charge in [0.05, 0.1) is 0 Å². The first-order valence-electron chi connectivity index (χ1n) is 4.98. The molecule has 2 rings (SSSR count). The molecule has 2 radical (unpaired) electrons. The van der Waals surface area contributed by atoms with E-state index in [1.165, 1.54) is 0 Å². The summed E-state index contributed by atoms with van der Waals surface area (Å²) in [6.07, 6.45) is 0. The van der Waals surface area contributed by atoms with E-state index in [9.17, 15) is 4.79 Å². The number of aromatic nitrogens is 1. The Morgan fingerprint density at radius 3 is 2.94 bits per heavy atom. The maximum absolute atomic E-state index is 11.6. The molecule has 0 N–H and O–H groups in total. The molecular weight excluding hydrogens is 265 g/mol. The van der Waals surface area contributed by atoms with Crippen LogP contribution in [0.3, 0.4) is 0 Å². The fourth-order valence-electron chi connectivity index (χ4n) is 1.45. The van der Waals surface area contributed by atoms with Gasteiger partial charge < -0.3 is 0 Å². The molecule has 0 aliphatic carbocycles. The van der Waals surface area contributed by atoms with Crippen LogP contribution in [0.5, 0.6) is 0 Å². The molecular formula is C12H10AsNO2. The Bertz CT molecular complexity index is 540. The fraction of sp³-hybridized carbons (Fsp3) is 0.167. The molecule has 0 atom stereocenters. The number of carbonyl (C=O) groups excluding carboxylic acids is 1. The number of carbonyl (C=O) groups is 1. The summed E-state index contributed by atoms with van der Waals surface area (Å²) in [5.74, 6) is -0.371. The van der Waals surface area contributed by atoms with E-state index in [-0.39, 0.29) is 5.97 Å². The van der Waals surface area contributed by atoms with Crippen LogP contribution in [0.25, 0.3) is 10.9 Å². The topological polar surface area (TPSA) is 39.2 Å². The SMILES string of the molecule is CCOC(=O)c1nc2ccccc2cc1[As]. The van der Waals surface area contributed by atoms with Gasteiger partial charge in [0.1, 0.15) is 0 Å². The second-order valence-electron chi connectivity index (χ2n) is 3.27. The van der Waals surface area contributed by atoms with Crippen LogP contribution in [0.1, 0.15) is 17.4 Å². The van der Waals surface area contributed by atoms with E-state index in [1.807, 2.05) is 30.3 Å². The van der Waals surface area contributed by atoms with Gasteiger partial charge in [-0.25, -0.2) is 0 Å².